The van der Waals surface area contributed by atoms with E-state index in [1.54, 1.807) is 11.4 Å². The van der Waals surface area contributed by atoms with Gasteiger partial charge >= 0.3 is 5.97 Å². The number of aromatic carboxylic acids is 1. The molecule has 0 spiro atoms. The minimum absolute atomic E-state index is 0.369. The molecule has 0 saturated carbocycles. The van der Waals surface area contributed by atoms with Crippen LogP contribution in [0.15, 0.2) is 11.4 Å². The Balaban J connectivity index is 2.70. The number of hydrogen-bond acceptors (Lipinski definition) is 3. The zero-order chi connectivity index (χ0) is 8.97. The van der Waals surface area contributed by atoms with Crippen molar-refractivity contribution in [2.24, 2.45) is 0 Å². The lowest BCUT2D eigenvalue weighted by atomic mass is 10.3. The highest BCUT2D eigenvalue weighted by Crippen LogP contribution is 2.22. The van der Waals surface area contributed by atoms with Crippen molar-refractivity contribution in [3.8, 4) is 0 Å². The molecule has 1 aromatic heterocycles. The number of anilines is 1. The number of nitrogens with one attached hydrogen (secondary N) is 1. The third kappa shape index (κ3) is 1.98. The van der Waals surface area contributed by atoms with Gasteiger partial charge in [0.25, 0.3) is 0 Å². The van der Waals surface area contributed by atoms with Gasteiger partial charge in [0.15, 0.2) is 0 Å². The summed E-state index contributed by atoms with van der Waals surface area (Å²) in [4.78, 5) is 10.6. The Morgan fingerprint density at radius 2 is 2.50 bits per heavy atom. The normalized spacial score (nSPS) is 9.75. The van der Waals surface area contributed by atoms with Gasteiger partial charge in [0, 0.05) is 6.54 Å². The van der Waals surface area contributed by atoms with E-state index in [0.717, 1.165) is 18.0 Å². The molecule has 0 fully saturated rings. The average molecular weight is 185 g/mol. The van der Waals surface area contributed by atoms with E-state index < -0.39 is 5.97 Å². The van der Waals surface area contributed by atoms with Crippen LogP contribution in [0.4, 0.5) is 5.00 Å². The van der Waals surface area contributed by atoms with Crippen molar-refractivity contribution in [2.45, 2.75) is 13.3 Å². The van der Waals surface area contributed by atoms with Gasteiger partial charge in [0.05, 0.1) is 5.56 Å². The van der Waals surface area contributed by atoms with Crippen molar-refractivity contribution >= 4 is 22.3 Å². The topological polar surface area (TPSA) is 49.3 Å². The maximum absolute atomic E-state index is 10.6. The summed E-state index contributed by atoms with van der Waals surface area (Å²) >= 11 is 1.43. The SMILES string of the molecule is CCCNc1sccc1C(=O)O. The summed E-state index contributed by atoms with van der Waals surface area (Å²) in [5.41, 5.74) is 0.369. The molecule has 0 bridgehead atoms. The Bertz CT molecular complexity index is 270. The van der Waals surface area contributed by atoms with Crippen molar-refractivity contribution in [2.75, 3.05) is 11.9 Å². The zero-order valence-corrected chi connectivity index (χ0v) is 7.65. The lowest BCUT2D eigenvalue weighted by Gasteiger charge is -2.01. The third-order valence-electron chi connectivity index (χ3n) is 1.43. The van der Waals surface area contributed by atoms with E-state index in [2.05, 4.69) is 5.32 Å². The fourth-order valence-electron chi connectivity index (χ4n) is 0.853. The molecule has 0 saturated heterocycles. The number of carbonyl (C=O) groups is 1. The molecule has 0 atom stereocenters. The van der Waals surface area contributed by atoms with Gasteiger partial charge in [0.2, 0.25) is 0 Å². The van der Waals surface area contributed by atoms with Crippen LogP contribution >= 0.6 is 11.3 Å². The minimum atomic E-state index is -0.866. The zero-order valence-electron chi connectivity index (χ0n) is 6.83. The van der Waals surface area contributed by atoms with Crippen molar-refractivity contribution in [1.82, 2.24) is 0 Å². The molecule has 2 N–H and O–H groups in total. The van der Waals surface area contributed by atoms with Crippen LogP contribution in [0.2, 0.25) is 0 Å². The predicted molar refractivity (Wildman–Crippen MR) is 50.1 cm³/mol. The second-order valence-electron chi connectivity index (χ2n) is 2.40. The van der Waals surface area contributed by atoms with E-state index in [1.165, 1.54) is 11.3 Å². The summed E-state index contributed by atoms with van der Waals surface area (Å²) in [5, 5.41) is 14.3. The van der Waals surface area contributed by atoms with Crippen molar-refractivity contribution in [1.29, 1.82) is 0 Å². The predicted octanol–water partition coefficient (Wildman–Crippen LogP) is 2.27. The first-order valence-electron chi connectivity index (χ1n) is 3.80. The van der Waals surface area contributed by atoms with E-state index in [4.69, 9.17) is 5.11 Å². The minimum Gasteiger partial charge on any atom is -0.478 e. The van der Waals surface area contributed by atoms with Crippen molar-refractivity contribution in [3.63, 3.8) is 0 Å². The molecule has 0 unspecified atom stereocenters. The fraction of sp³-hybridized carbons (Fsp3) is 0.375. The Morgan fingerprint density at radius 3 is 3.08 bits per heavy atom. The van der Waals surface area contributed by atoms with Crippen LogP contribution in [-0.2, 0) is 0 Å². The number of hydrogen-bond donors (Lipinski definition) is 2. The molecule has 1 heterocycles. The van der Waals surface area contributed by atoms with Gasteiger partial charge in [-0.3, -0.25) is 0 Å². The monoisotopic (exact) mass is 185 g/mol. The highest BCUT2D eigenvalue weighted by atomic mass is 32.1. The van der Waals surface area contributed by atoms with Gasteiger partial charge in [-0.1, -0.05) is 6.92 Å². The highest BCUT2D eigenvalue weighted by molar-refractivity contribution is 7.14. The molecule has 12 heavy (non-hydrogen) atoms. The molecule has 1 aromatic rings. The summed E-state index contributed by atoms with van der Waals surface area (Å²) in [5.74, 6) is -0.866. The maximum atomic E-state index is 10.6. The average Bonchev–Trinajstić information content (AvgIpc) is 2.48. The molecular formula is C8H11NO2S. The van der Waals surface area contributed by atoms with Crippen LogP contribution in [0, 0.1) is 0 Å². The molecule has 0 amide bonds. The Morgan fingerprint density at radius 1 is 1.75 bits per heavy atom. The molecule has 4 heteroatoms. The summed E-state index contributed by atoms with van der Waals surface area (Å²) in [7, 11) is 0. The summed E-state index contributed by atoms with van der Waals surface area (Å²) in [6, 6.07) is 1.62. The van der Waals surface area contributed by atoms with Gasteiger partial charge < -0.3 is 10.4 Å². The van der Waals surface area contributed by atoms with Crippen LogP contribution in [0.5, 0.6) is 0 Å². The largest absolute Gasteiger partial charge is 0.478 e. The third-order valence-corrected chi connectivity index (χ3v) is 2.30. The van der Waals surface area contributed by atoms with Crippen LogP contribution < -0.4 is 5.32 Å². The molecule has 0 aromatic carbocycles. The van der Waals surface area contributed by atoms with E-state index in [-0.39, 0.29) is 0 Å². The van der Waals surface area contributed by atoms with Gasteiger partial charge in [-0.15, -0.1) is 11.3 Å². The van der Waals surface area contributed by atoms with Gasteiger partial charge in [0.1, 0.15) is 5.00 Å². The van der Waals surface area contributed by atoms with Gasteiger partial charge in [-0.05, 0) is 17.9 Å². The molecule has 3 nitrogen and oxygen atoms in total. The van der Waals surface area contributed by atoms with Crippen LogP contribution in [0.3, 0.4) is 0 Å². The molecule has 0 aliphatic rings. The molecular weight excluding hydrogens is 174 g/mol. The molecule has 66 valence electrons. The van der Waals surface area contributed by atoms with E-state index >= 15 is 0 Å². The van der Waals surface area contributed by atoms with E-state index in [0.29, 0.717) is 5.56 Å². The quantitative estimate of drug-likeness (QED) is 0.756. The second kappa shape index (κ2) is 4.11. The molecule has 1 rings (SSSR count). The summed E-state index contributed by atoms with van der Waals surface area (Å²) in [6.45, 7) is 2.86. The van der Waals surface area contributed by atoms with Gasteiger partial charge in [-0.2, -0.15) is 0 Å². The van der Waals surface area contributed by atoms with Crippen molar-refractivity contribution in [3.05, 3.63) is 17.0 Å². The first-order chi connectivity index (χ1) is 5.75. The van der Waals surface area contributed by atoms with E-state index in [1.807, 2.05) is 6.92 Å². The molecule has 0 aliphatic carbocycles. The second-order valence-corrected chi connectivity index (χ2v) is 3.31. The summed E-state index contributed by atoms with van der Waals surface area (Å²) in [6.07, 6.45) is 0.997. The van der Waals surface area contributed by atoms with E-state index in [9.17, 15) is 4.79 Å². The number of rotatable bonds is 4. The lowest BCUT2D eigenvalue weighted by molar-refractivity contribution is 0.0698. The van der Waals surface area contributed by atoms with Crippen LogP contribution in [0.25, 0.3) is 0 Å². The summed E-state index contributed by atoms with van der Waals surface area (Å²) < 4.78 is 0. The standard InChI is InChI=1S/C8H11NO2S/c1-2-4-9-7-6(8(10)11)3-5-12-7/h3,5,9H,2,4H2,1H3,(H,10,11). The maximum Gasteiger partial charge on any atom is 0.338 e. The first kappa shape index (κ1) is 9.06. The van der Waals surface area contributed by atoms with Crippen LogP contribution in [0.1, 0.15) is 23.7 Å². The molecule has 0 aliphatic heterocycles. The number of thiophene rings is 1. The Labute approximate surface area is 75.0 Å². The highest BCUT2D eigenvalue weighted by Gasteiger charge is 2.09. The Hall–Kier alpha value is -1.03. The number of carboxylic acid groups (broad SMARTS) is 1. The van der Waals surface area contributed by atoms with Crippen LogP contribution in [-0.4, -0.2) is 17.6 Å². The Kier molecular flexibility index (Phi) is 3.10. The van der Waals surface area contributed by atoms with Gasteiger partial charge in [-0.25, -0.2) is 4.79 Å². The fourth-order valence-corrected chi connectivity index (χ4v) is 1.66. The first-order valence-corrected chi connectivity index (χ1v) is 4.68. The van der Waals surface area contributed by atoms with Crippen molar-refractivity contribution < 1.29 is 9.90 Å². The smallest absolute Gasteiger partial charge is 0.338 e. The lowest BCUT2D eigenvalue weighted by Crippen LogP contribution is -2.03. The number of carboxylic acids is 1. The molecule has 0 radical (unpaired) electrons.